The van der Waals surface area contributed by atoms with Crippen LogP contribution < -0.4 is 10.1 Å². The highest BCUT2D eigenvalue weighted by Crippen LogP contribution is 2.25. The van der Waals surface area contributed by atoms with Crippen LogP contribution in [-0.2, 0) is 18.4 Å². The number of pyridine rings is 1. The number of carbonyl (C=O) groups is 1. The molecule has 0 saturated heterocycles. The first-order valence-electron chi connectivity index (χ1n) is 8.45. The van der Waals surface area contributed by atoms with Gasteiger partial charge in [-0.25, -0.2) is 0 Å². The van der Waals surface area contributed by atoms with Gasteiger partial charge in [-0.2, -0.15) is 0 Å². The largest absolute Gasteiger partial charge is 0.497 e. The molecule has 1 amide bonds. The van der Waals surface area contributed by atoms with Gasteiger partial charge < -0.3 is 14.6 Å². The molecule has 140 valence electrons. The van der Waals surface area contributed by atoms with Gasteiger partial charge in [-0.1, -0.05) is 23.9 Å². The van der Waals surface area contributed by atoms with Gasteiger partial charge in [-0.3, -0.25) is 9.78 Å². The maximum atomic E-state index is 12.4. The molecule has 0 fully saturated rings. The van der Waals surface area contributed by atoms with Crippen LogP contribution in [0.4, 0.5) is 0 Å². The molecule has 2 heterocycles. The Balaban J connectivity index is 1.59. The Morgan fingerprint density at radius 1 is 1.19 bits per heavy atom. The maximum Gasteiger partial charge on any atom is 0.233 e. The average Bonchev–Trinajstić information content (AvgIpc) is 3.07. The minimum absolute atomic E-state index is 0.0516. The summed E-state index contributed by atoms with van der Waals surface area (Å²) in [5, 5.41) is 11.8. The molecule has 3 aromatic rings. The second-order valence-corrected chi connectivity index (χ2v) is 7.24. The van der Waals surface area contributed by atoms with E-state index in [1.165, 1.54) is 11.8 Å². The van der Waals surface area contributed by atoms with Gasteiger partial charge in [0.2, 0.25) is 5.91 Å². The molecule has 0 aliphatic carbocycles. The molecule has 1 atom stereocenters. The predicted octanol–water partition coefficient (Wildman–Crippen LogP) is 2.68. The second kappa shape index (κ2) is 8.68. The number of carbonyl (C=O) groups excluding carboxylic acids is 1. The molecular formula is C19H21N5O2S. The van der Waals surface area contributed by atoms with Crippen molar-refractivity contribution in [2.24, 2.45) is 7.05 Å². The Kier molecular flexibility index (Phi) is 6.08. The van der Waals surface area contributed by atoms with Crippen LogP contribution in [0.5, 0.6) is 5.75 Å². The molecule has 0 bridgehead atoms. The molecule has 0 radical (unpaired) electrons. The van der Waals surface area contributed by atoms with E-state index in [0.717, 1.165) is 22.7 Å². The quantitative estimate of drug-likeness (QED) is 0.632. The van der Waals surface area contributed by atoms with Crippen LogP contribution in [-0.4, -0.2) is 38.0 Å². The molecule has 8 heteroatoms. The van der Waals surface area contributed by atoms with Crippen molar-refractivity contribution in [3.8, 4) is 17.1 Å². The lowest BCUT2D eigenvalue weighted by molar-refractivity contribution is -0.120. The molecule has 0 spiro atoms. The van der Waals surface area contributed by atoms with Crippen LogP contribution in [0.3, 0.4) is 0 Å². The summed E-state index contributed by atoms with van der Waals surface area (Å²) in [6.07, 6.45) is 3.43. The summed E-state index contributed by atoms with van der Waals surface area (Å²) in [6, 6.07) is 11.4. The van der Waals surface area contributed by atoms with Crippen molar-refractivity contribution in [2.75, 3.05) is 7.11 Å². The van der Waals surface area contributed by atoms with Crippen LogP contribution >= 0.6 is 11.8 Å². The Morgan fingerprint density at radius 2 is 1.89 bits per heavy atom. The maximum absolute atomic E-state index is 12.4. The number of hydrogen-bond acceptors (Lipinski definition) is 6. The molecule has 2 aromatic heterocycles. The zero-order chi connectivity index (χ0) is 19.2. The fourth-order valence-corrected chi connectivity index (χ4v) is 3.30. The molecule has 0 aliphatic heterocycles. The van der Waals surface area contributed by atoms with Gasteiger partial charge in [0.25, 0.3) is 0 Å². The number of amides is 1. The zero-order valence-corrected chi connectivity index (χ0v) is 16.2. The number of benzene rings is 1. The van der Waals surface area contributed by atoms with Gasteiger partial charge in [0.15, 0.2) is 11.0 Å². The number of thioether (sulfide) groups is 1. The third-order valence-corrected chi connectivity index (χ3v) is 5.18. The van der Waals surface area contributed by atoms with E-state index in [0.29, 0.717) is 11.7 Å². The van der Waals surface area contributed by atoms with Gasteiger partial charge in [0.05, 0.1) is 12.4 Å². The summed E-state index contributed by atoms with van der Waals surface area (Å²) < 4.78 is 7.02. The van der Waals surface area contributed by atoms with Gasteiger partial charge in [-0.05, 0) is 36.8 Å². The molecule has 1 aromatic carbocycles. The first-order valence-corrected chi connectivity index (χ1v) is 9.33. The number of ether oxygens (including phenoxy) is 1. The van der Waals surface area contributed by atoms with Crippen molar-refractivity contribution in [3.63, 3.8) is 0 Å². The molecule has 1 N–H and O–H groups in total. The van der Waals surface area contributed by atoms with E-state index in [4.69, 9.17) is 4.74 Å². The van der Waals surface area contributed by atoms with Gasteiger partial charge in [-0.15, -0.1) is 10.2 Å². The minimum atomic E-state index is -0.295. The lowest BCUT2D eigenvalue weighted by Gasteiger charge is -2.12. The number of methoxy groups -OCH3 is 1. The number of rotatable bonds is 7. The van der Waals surface area contributed by atoms with Crippen LogP contribution in [0.15, 0.2) is 53.9 Å². The summed E-state index contributed by atoms with van der Waals surface area (Å²) >= 11 is 1.38. The predicted molar refractivity (Wildman–Crippen MR) is 104 cm³/mol. The third-order valence-electron chi connectivity index (χ3n) is 4.05. The number of nitrogens with one attached hydrogen (secondary N) is 1. The normalized spacial score (nSPS) is 11.8. The fraction of sp³-hybridized carbons (Fsp3) is 0.263. The monoisotopic (exact) mass is 383 g/mol. The van der Waals surface area contributed by atoms with Gasteiger partial charge in [0.1, 0.15) is 5.75 Å². The summed E-state index contributed by atoms with van der Waals surface area (Å²) in [5.74, 6) is 1.48. The molecule has 0 unspecified atom stereocenters. The molecule has 0 aliphatic rings. The number of nitrogens with zero attached hydrogens (tertiary/aromatic N) is 4. The van der Waals surface area contributed by atoms with Crippen molar-refractivity contribution in [3.05, 3.63) is 54.4 Å². The van der Waals surface area contributed by atoms with Crippen LogP contribution in [0.1, 0.15) is 12.5 Å². The smallest absolute Gasteiger partial charge is 0.233 e. The van der Waals surface area contributed by atoms with E-state index >= 15 is 0 Å². The Bertz CT molecular complexity index is 896. The Hall–Kier alpha value is -2.87. The van der Waals surface area contributed by atoms with Gasteiger partial charge >= 0.3 is 0 Å². The minimum Gasteiger partial charge on any atom is -0.497 e. The Morgan fingerprint density at radius 3 is 2.56 bits per heavy atom. The molecule has 3 rings (SSSR count). The van der Waals surface area contributed by atoms with E-state index in [2.05, 4.69) is 20.5 Å². The molecule has 27 heavy (non-hydrogen) atoms. The van der Waals surface area contributed by atoms with Crippen molar-refractivity contribution < 1.29 is 9.53 Å². The fourth-order valence-electron chi connectivity index (χ4n) is 2.46. The number of hydrogen-bond donors (Lipinski definition) is 1. The van der Waals surface area contributed by atoms with Gasteiger partial charge in [0, 0.05) is 31.5 Å². The summed E-state index contributed by atoms with van der Waals surface area (Å²) in [7, 11) is 3.52. The lowest BCUT2D eigenvalue weighted by atomic mass is 10.2. The van der Waals surface area contributed by atoms with Crippen LogP contribution in [0, 0.1) is 0 Å². The summed E-state index contributed by atoms with van der Waals surface area (Å²) in [4.78, 5) is 16.4. The van der Waals surface area contributed by atoms with Crippen molar-refractivity contribution in [1.29, 1.82) is 0 Å². The highest BCUT2D eigenvalue weighted by molar-refractivity contribution is 8.00. The van der Waals surface area contributed by atoms with Crippen LogP contribution in [0.25, 0.3) is 11.4 Å². The standard InChI is InChI=1S/C19H21N5O2S/c1-13(18(25)21-12-14-4-6-16(26-3)7-5-14)27-19-23-22-17(24(19)2)15-8-10-20-11-9-15/h4-11,13H,12H2,1-3H3,(H,21,25)/t13-/m0/s1. The van der Waals surface area contributed by atoms with Crippen molar-refractivity contribution in [2.45, 2.75) is 23.9 Å². The third kappa shape index (κ3) is 4.65. The first kappa shape index (κ1) is 18.9. The highest BCUT2D eigenvalue weighted by atomic mass is 32.2. The SMILES string of the molecule is COc1ccc(CNC(=O)[C@H](C)Sc2nnc(-c3ccncc3)n2C)cc1. The van der Waals surface area contributed by atoms with E-state index in [1.54, 1.807) is 19.5 Å². The summed E-state index contributed by atoms with van der Waals surface area (Å²) in [5.41, 5.74) is 1.95. The first-order chi connectivity index (χ1) is 13.1. The van der Waals surface area contributed by atoms with Crippen molar-refractivity contribution in [1.82, 2.24) is 25.1 Å². The van der Waals surface area contributed by atoms with E-state index in [-0.39, 0.29) is 11.2 Å². The van der Waals surface area contributed by atoms with E-state index < -0.39 is 0 Å². The number of aromatic nitrogens is 4. The lowest BCUT2D eigenvalue weighted by Crippen LogP contribution is -2.30. The highest BCUT2D eigenvalue weighted by Gasteiger charge is 2.19. The van der Waals surface area contributed by atoms with E-state index in [9.17, 15) is 4.79 Å². The molecule has 7 nitrogen and oxygen atoms in total. The van der Waals surface area contributed by atoms with E-state index in [1.807, 2.05) is 54.9 Å². The summed E-state index contributed by atoms with van der Waals surface area (Å²) in [6.45, 7) is 2.32. The Labute approximate surface area is 162 Å². The molecule has 0 saturated carbocycles. The second-order valence-electron chi connectivity index (χ2n) is 5.93. The average molecular weight is 383 g/mol. The topological polar surface area (TPSA) is 81.9 Å². The molecular weight excluding hydrogens is 362 g/mol. The zero-order valence-electron chi connectivity index (χ0n) is 15.4. The van der Waals surface area contributed by atoms with Crippen molar-refractivity contribution >= 4 is 17.7 Å². The van der Waals surface area contributed by atoms with Crippen LogP contribution in [0.2, 0.25) is 0 Å².